The minimum atomic E-state index is -0.292. The number of amides is 2. The van der Waals surface area contributed by atoms with Gasteiger partial charge in [-0.25, -0.2) is 0 Å². The Hall–Kier alpha value is -2.34. The van der Waals surface area contributed by atoms with Gasteiger partial charge in [0.15, 0.2) is 0 Å². The van der Waals surface area contributed by atoms with E-state index in [0.717, 1.165) is 10.2 Å². The maximum absolute atomic E-state index is 11.9. The average molecular weight is 377 g/mol. The highest BCUT2D eigenvalue weighted by Gasteiger charge is 2.08. The van der Waals surface area contributed by atoms with Crippen molar-refractivity contribution in [3.05, 3.63) is 58.6 Å². The third-order valence-electron chi connectivity index (χ3n) is 2.96. The zero-order chi connectivity index (χ0) is 16.7. The minimum absolute atomic E-state index is 0.0951. The van der Waals surface area contributed by atoms with Crippen molar-refractivity contribution in [2.45, 2.75) is 6.92 Å². The quantitative estimate of drug-likeness (QED) is 0.813. The van der Waals surface area contributed by atoms with E-state index in [0.29, 0.717) is 17.9 Å². The molecular weight excluding hydrogens is 360 g/mol. The van der Waals surface area contributed by atoms with Crippen molar-refractivity contribution >= 4 is 33.4 Å². The third-order valence-corrected chi connectivity index (χ3v) is 3.49. The van der Waals surface area contributed by atoms with Crippen LogP contribution in [-0.4, -0.2) is 25.0 Å². The molecule has 0 spiro atoms. The number of benzene rings is 2. The molecule has 0 atom stereocenters. The number of rotatable bonds is 6. The van der Waals surface area contributed by atoms with Gasteiger partial charge in [0.1, 0.15) is 5.75 Å². The van der Waals surface area contributed by atoms with Gasteiger partial charge in [0.05, 0.1) is 13.2 Å². The van der Waals surface area contributed by atoms with Crippen LogP contribution in [-0.2, 0) is 4.79 Å². The lowest BCUT2D eigenvalue weighted by atomic mass is 10.2. The van der Waals surface area contributed by atoms with E-state index >= 15 is 0 Å². The molecule has 0 aromatic heterocycles. The maximum atomic E-state index is 11.9. The van der Waals surface area contributed by atoms with Crippen molar-refractivity contribution in [3.63, 3.8) is 0 Å². The van der Waals surface area contributed by atoms with Crippen molar-refractivity contribution in [1.82, 2.24) is 5.32 Å². The van der Waals surface area contributed by atoms with E-state index in [1.807, 2.05) is 6.92 Å². The SMILES string of the molecule is CCOc1ccc(NC(=O)CNC(=O)c2ccc(Br)cc2)cc1. The first-order chi connectivity index (χ1) is 11.1. The summed E-state index contributed by atoms with van der Waals surface area (Å²) in [6, 6.07) is 14.0. The van der Waals surface area contributed by atoms with E-state index in [1.165, 1.54) is 0 Å². The second-order valence-corrected chi connectivity index (χ2v) is 5.61. The van der Waals surface area contributed by atoms with Crippen LogP contribution >= 0.6 is 15.9 Å². The monoisotopic (exact) mass is 376 g/mol. The van der Waals surface area contributed by atoms with Crippen molar-refractivity contribution in [3.8, 4) is 5.75 Å². The summed E-state index contributed by atoms with van der Waals surface area (Å²) in [5, 5.41) is 5.29. The van der Waals surface area contributed by atoms with Crippen molar-refractivity contribution in [2.24, 2.45) is 0 Å². The molecule has 0 unspecified atom stereocenters. The number of carbonyl (C=O) groups is 2. The summed E-state index contributed by atoms with van der Waals surface area (Å²) in [5.74, 6) is 0.160. The lowest BCUT2D eigenvalue weighted by Gasteiger charge is -2.08. The fourth-order valence-corrected chi connectivity index (χ4v) is 2.13. The van der Waals surface area contributed by atoms with Gasteiger partial charge in [-0.3, -0.25) is 9.59 Å². The van der Waals surface area contributed by atoms with E-state index in [9.17, 15) is 9.59 Å². The Bertz CT molecular complexity index is 669. The normalized spacial score (nSPS) is 10.0. The van der Waals surface area contributed by atoms with E-state index in [2.05, 4.69) is 26.6 Å². The highest BCUT2D eigenvalue weighted by molar-refractivity contribution is 9.10. The maximum Gasteiger partial charge on any atom is 0.251 e. The summed E-state index contributed by atoms with van der Waals surface area (Å²) in [6.07, 6.45) is 0. The molecule has 0 saturated carbocycles. The molecule has 0 heterocycles. The Labute approximate surface area is 143 Å². The molecule has 0 saturated heterocycles. The first-order valence-electron chi connectivity index (χ1n) is 7.15. The summed E-state index contributed by atoms with van der Waals surface area (Å²) in [7, 11) is 0. The Morgan fingerprint density at radius 2 is 1.70 bits per heavy atom. The van der Waals surface area contributed by atoms with Crippen LogP contribution in [0.3, 0.4) is 0 Å². The second-order valence-electron chi connectivity index (χ2n) is 4.70. The Kier molecular flexibility index (Phi) is 6.17. The molecule has 0 fully saturated rings. The molecule has 2 amide bonds. The van der Waals surface area contributed by atoms with Crippen LogP contribution in [0.15, 0.2) is 53.0 Å². The number of hydrogen-bond acceptors (Lipinski definition) is 3. The molecule has 2 aromatic rings. The van der Waals surface area contributed by atoms with Gasteiger partial charge in [-0.1, -0.05) is 15.9 Å². The summed E-state index contributed by atoms with van der Waals surface area (Å²) >= 11 is 3.30. The molecule has 0 bridgehead atoms. The van der Waals surface area contributed by atoms with E-state index in [4.69, 9.17) is 4.74 Å². The zero-order valence-electron chi connectivity index (χ0n) is 12.6. The molecule has 0 aliphatic carbocycles. The molecule has 5 nitrogen and oxygen atoms in total. The van der Waals surface area contributed by atoms with E-state index in [1.54, 1.807) is 48.5 Å². The van der Waals surface area contributed by atoms with Gasteiger partial charge >= 0.3 is 0 Å². The van der Waals surface area contributed by atoms with Gasteiger partial charge in [0.25, 0.3) is 5.91 Å². The topological polar surface area (TPSA) is 67.4 Å². The Morgan fingerprint density at radius 3 is 2.30 bits per heavy atom. The van der Waals surface area contributed by atoms with Crippen LogP contribution in [0.4, 0.5) is 5.69 Å². The Balaban J connectivity index is 1.82. The van der Waals surface area contributed by atoms with Crippen molar-refractivity contribution in [1.29, 1.82) is 0 Å². The predicted molar refractivity (Wildman–Crippen MR) is 92.7 cm³/mol. The molecule has 2 rings (SSSR count). The summed E-state index contributed by atoms with van der Waals surface area (Å²) in [4.78, 5) is 23.8. The lowest BCUT2D eigenvalue weighted by molar-refractivity contribution is -0.115. The molecule has 0 radical (unpaired) electrons. The molecule has 2 aromatic carbocycles. The van der Waals surface area contributed by atoms with Gasteiger partial charge in [0.2, 0.25) is 5.91 Å². The highest BCUT2D eigenvalue weighted by Crippen LogP contribution is 2.15. The first-order valence-corrected chi connectivity index (χ1v) is 7.94. The minimum Gasteiger partial charge on any atom is -0.494 e. The number of anilines is 1. The van der Waals surface area contributed by atoms with Gasteiger partial charge < -0.3 is 15.4 Å². The third kappa shape index (κ3) is 5.41. The van der Waals surface area contributed by atoms with Gasteiger partial charge in [-0.2, -0.15) is 0 Å². The smallest absolute Gasteiger partial charge is 0.251 e. The van der Waals surface area contributed by atoms with Crippen LogP contribution in [0.25, 0.3) is 0 Å². The zero-order valence-corrected chi connectivity index (χ0v) is 14.2. The largest absolute Gasteiger partial charge is 0.494 e. The van der Waals surface area contributed by atoms with Crippen LogP contribution in [0.1, 0.15) is 17.3 Å². The van der Waals surface area contributed by atoms with Gasteiger partial charge in [-0.15, -0.1) is 0 Å². The fraction of sp³-hybridized carbons (Fsp3) is 0.176. The van der Waals surface area contributed by atoms with Crippen LogP contribution < -0.4 is 15.4 Å². The van der Waals surface area contributed by atoms with E-state index in [-0.39, 0.29) is 18.4 Å². The molecule has 23 heavy (non-hydrogen) atoms. The number of halogens is 1. The van der Waals surface area contributed by atoms with Crippen LogP contribution in [0.2, 0.25) is 0 Å². The van der Waals surface area contributed by atoms with Crippen molar-refractivity contribution in [2.75, 3.05) is 18.5 Å². The average Bonchev–Trinajstić information content (AvgIpc) is 2.55. The first kappa shape index (κ1) is 17.0. The summed E-state index contributed by atoms with van der Waals surface area (Å²) < 4.78 is 6.22. The van der Waals surface area contributed by atoms with Crippen LogP contribution in [0, 0.1) is 0 Å². The number of nitrogens with one attached hydrogen (secondary N) is 2. The second kappa shape index (κ2) is 8.33. The highest BCUT2D eigenvalue weighted by atomic mass is 79.9. The molecule has 0 aliphatic heterocycles. The van der Waals surface area contributed by atoms with E-state index < -0.39 is 0 Å². The van der Waals surface area contributed by atoms with Gasteiger partial charge in [0, 0.05) is 15.7 Å². The predicted octanol–water partition coefficient (Wildman–Crippen LogP) is 3.22. The summed E-state index contributed by atoms with van der Waals surface area (Å²) in [5.41, 5.74) is 1.15. The molecule has 120 valence electrons. The molecule has 0 aliphatic rings. The number of ether oxygens (including phenoxy) is 1. The molecule has 6 heteroatoms. The lowest BCUT2D eigenvalue weighted by Crippen LogP contribution is -2.32. The number of hydrogen-bond donors (Lipinski definition) is 2. The van der Waals surface area contributed by atoms with Gasteiger partial charge in [-0.05, 0) is 55.5 Å². The summed E-state index contributed by atoms with van der Waals surface area (Å²) in [6.45, 7) is 2.40. The van der Waals surface area contributed by atoms with Crippen molar-refractivity contribution < 1.29 is 14.3 Å². The standard InChI is InChI=1S/C17H17BrN2O3/c1-2-23-15-9-7-14(8-10-15)20-16(21)11-19-17(22)12-3-5-13(18)6-4-12/h3-10H,2,11H2,1H3,(H,19,22)(H,20,21). The molecule has 2 N–H and O–H groups in total. The fourth-order valence-electron chi connectivity index (χ4n) is 1.87. The Morgan fingerprint density at radius 1 is 1.04 bits per heavy atom. The van der Waals surface area contributed by atoms with Crippen LogP contribution in [0.5, 0.6) is 5.75 Å². The molecular formula is C17H17BrN2O3. The number of carbonyl (C=O) groups excluding carboxylic acids is 2.